The smallest absolute Gasteiger partial charge is 0.267 e. The molecule has 0 fully saturated rings. The molecule has 1 aromatic rings. The van der Waals surface area contributed by atoms with Gasteiger partial charge in [-0.15, -0.1) is 0 Å². The average molecular weight is 274 g/mol. The molecule has 3 nitrogen and oxygen atoms in total. The molecule has 1 rings (SSSR count). The highest BCUT2D eigenvalue weighted by Gasteiger charge is 2.00. The Morgan fingerprint density at radius 2 is 2.08 bits per heavy atom. The number of hydrogen-bond donors (Lipinski definition) is 1. The molecule has 12 heavy (non-hydrogen) atoms. The van der Waals surface area contributed by atoms with E-state index in [1.54, 1.807) is 12.1 Å². The Hall–Kier alpha value is -0.910. The maximum absolute atomic E-state index is 11.2. The van der Waals surface area contributed by atoms with E-state index in [2.05, 4.69) is 10.5 Å². The van der Waals surface area contributed by atoms with Crippen LogP contribution in [0.5, 0.6) is 0 Å². The van der Waals surface area contributed by atoms with Crippen molar-refractivity contribution in [1.82, 2.24) is 5.43 Å². The van der Waals surface area contributed by atoms with Gasteiger partial charge in [0.15, 0.2) is 0 Å². The molecule has 62 valence electrons. The minimum Gasteiger partial charge on any atom is -0.267 e. The number of nitrogens with zero attached hydrogens (tertiary/aromatic N) is 1. The number of halogens is 1. The first-order valence-corrected chi connectivity index (χ1v) is 4.56. The van der Waals surface area contributed by atoms with Crippen molar-refractivity contribution in [2.24, 2.45) is 5.10 Å². The first-order valence-electron chi connectivity index (χ1n) is 3.31. The Labute approximate surface area is 84.0 Å². The summed E-state index contributed by atoms with van der Waals surface area (Å²) in [5, 5.41) is 3.61. The summed E-state index contributed by atoms with van der Waals surface area (Å²) in [4.78, 5) is 11.2. The van der Waals surface area contributed by atoms with Gasteiger partial charge in [-0.1, -0.05) is 18.2 Å². The van der Waals surface area contributed by atoms with Gasteiger partial charge in [-0.3, -0.25) is 4.79 Å². The summed E-state index contributed by atoms with van der Waals surface area (Å²) in [6, 6.07) is 8.94. The number of rotatable bonds is 2. The molecular weight excluding hydrogens is 267 g/mol. The molecule has 1 amide bonds. The van der Waals surface area contributed by atoms with E-state index in [9.17, 15) is 4.79 Å². The van der Waals surface area contributed by atoms with Crippen molar-refractivity contribution in [1.29, 1.82) is 0 Å². The fraction of sp³-hybridized carbons (Fsp3) is 0. The van der Waals surface area contributed by atoms with Crippen molar-refractivity contribution in [3.63, 3.8) is 0 Å². The van der Waals surface area contributed by atoms with E-state index in [-0.39, 0.29) is 5.91 Å². The van der Waals surface area contributed by atoms with Crippen molar-refractivity contribution >= 4 is 32.7 Å². The van der Waals surface area contributed by atoms with Crippen LogP contribution in [0.2, 0.25) is 0 Å². The summed E-state index contributed by atoms with van der Waals surface area (Å²) in [5.74, 6) is -0.191. The second-order valence-electron chi connectivity index (χ2n) is 2.03. The zero-order valence-corrected chi connectivity index (χ0v) is 8.36. The largest absolute Gasteiger partial charge is 0.271 e. The Morgan fingerprint density at radius 3 is 2.67 bits per heavy atom. The van der Waals surface area contributed by atoms with Crippen molar-refractivity contribution in [3.8, 4) is 0 Å². The molecular formula is C8H7IN2O. The normalized spacial score (nSPS) is 10.1. The zero-order valence-electron chi connectivity index (χ0n) is 6.20. The summed E-state index contributed by atoms with van der Waals surface area (Å²) in [7, 11) is 0. The van der Waals surface area contributed by atoms with Gasteiger partial charge in [0, 0.05) is 5.56 Å². The van der Waals surface area contributed by atoms with Gasteiger partial charge in [0.1, 0.15) is 0 Å². The molecule has 1 N–H and O–H groups in total. The highest BCUT2D eigenvalue weighted by Crippen LogP contribution is 1.97. The highest BCUT2D eigenvalue weighted by molar-refractivity contribution is 14.1. The van der Waals surface area contributed by atoms with Gasteiger partial charge in [0.05, 0.1) is 4.22 Å². The minimum absolute atomic E-state index is 0.191. The van der Waals surface area contributed by atoms with E-state index in [0.717, 1.165) is 0 Å². The average Bonchev–Trinajstić information content (AvgIpc) is 2.15. The molecule has 0 unspecified atom stereocenters. The van der Waals surface area contributed by atoms with Crippen LogP contribution in [0.15, 0.2) is 35.4 Å². The summed E-state index contributed by atoms with van der Waals surface area (Å²) in [6.45, 7) is 0. The first-order chi connectivity index (χ1) is 5.84. The number of nitrogens with one attached hydrogen (secondary N) is 1. The van der Waals surface area contributed by atoms with Crippen molar-refractivity contribution in [3.05, 3.63) is 35.9 Å². The molecule has 0 saturated heterocycles. The number of hydrazone groups is 1. The van der Waals surface area contributed by atoms with Crippen LogP contribution in [0.1, 0.15) is 10.4 Å². The first kappa shape index (κ1) is 9.18. The molecule has 0 saturated carbocycles. The van der Waals surface area contributed by atoms with Crippen LogP contribution in [-0.4, -0.2) is 10.1 Å². The molecule has 0 aliphatic rings. The Bertz CT molecular complexity index is 284. The predicted molar refractivity (Wildman–Crippen MR) is 56.4 cm³/mol. The molecule has 0 heterocycles. The predicted octanol–water partition coefficient (Wildman–Crippen LogP) is 1.79. The van der Waals surface area contributed by atoms with Crippen molar-refractivity contribution < 1.29 is 4.79 Å². The lowest BCUT2D eigenvalue weighted by Crippen LogP contribution is -2.16. The number of benzene rings is 1. The summed E-state index contributed by atoms with van der Waals surface area (Å²) in [6.07, 6.45) is 0. The molecule has 0 aromatic heterocycles. The molecule has 0 atom stereocenters. The monoisotopic (exact) mass is 274 g/mol. The van der Waals surface area contributed by atoms with Crippen LogP contribution in [-0.2, 0) is 0 Å². The third-order valence-corrected chi connectivity index (χ3v) is 1.53. The fourth-order valence-electron chi connectivity index (χ4n) is 0.737. The van der Waals surface area contributed by atoms with Crippen LogP contribution < -0.4 is 5.43 Å². The van der Waals surface area contributed by atoms with Gasteiger partial charge in [-0.2, -0.15) is 5.10 Å². The number of carbonyl (C=O) groups is 1. The lowest BCUT2D eigenvalue weighted by atomic mass is 10.2. The topological polar surface area (TPSA) is 41.5 Å². The van der Waals surface area contributed by atoms with Gasteiger partial charge in [-0.25, -0.2) is 5.43 Å². The quantitative estimate of drug-likeness (QED) is 0.498. The van der Waals surface area contributed by atoms with Gasteiger partial charge < -0.3 is 0 Å². The molecule has 1 aromatic carbocycles. The van der Waals surface area contributed by atoms with E-state index in [0.29, 0.717) is 5.56 Å². The molecule has 0 aliphatic heterocycles. The van der Waals surface area contributed by atoms with Crippen LogP contribution in [0.4, 0.5) is 0 Å². The van der Waals surface area contributed by atoms with Gasteiger partial charge in [0.25, 0.3) is 5.91 Å². The second kappa shape index (κ2) is 4.87. The van der Waals surface area contributed by atoms with Crippen LogP contribution in [0.3, 0.4) is 0 Å². The van der Waals surface area contributed by atoms with Crippen LogP contribution in [0, 0.1) is 0 Å². The SMILES string of the molecule is O=C(N/N=C/I)c1ccccc1. The zero-order chi connectivity index (χ0) is 8.81. The van der Waals surface area contributed by atoms with Crippen LogP contribution in [0.25, 0.3) is 0 Å². The highest BCUT2D eigenvalue weighted by atomic mass is 127. The van der Waals surface area contributed by atoms with Crippen molar-refractivity contribution in [2.75, 3.05) is 0 Å². The van der Waals surface area contributed by atoms with Crippen LogP contribution >= 0.6 is 22.6 Å². The Kier molecular flexibility index (Phi) is 3.72. The van der Waals surface area contributed by atoms with E-state index in [4.69, 9.17) is 0 Å². The molecule has 0 aliphatic carbocycles. The summed E-state index contributed by atoms with van der Waals surface area (Å²) in [5.41, 5.74) is 2.98. The Morgan fingerprint density at radius 1 is 1.42 bits per heavy atom. The van der Waals surface area contributed by atoms with Gasteiger partial charge in [-0.05, 0) is 34.7 Å². The number of amides is 1. The number of carbonyl (C=O) groups excluding carboxylic acids is 1. The van der Waals surface area contributed by atoms with Crippen molar-refractivity contribution in [2.45, 2.75) is 0 Å². The van der Waals surface area contributed by atoms with Gasteiger partial charge >= 0.3 is 0 Å². The lowest BCUT2D eigenvalue weighted by Gasteiger charge is -1.96. The summed E-state index contributed by atoms with van der Waals surface area (Å²) >= 11 is 1.93. The third-order valence-electron chi connectivity index (χ3n) is 1.25. The molecule has 0 bridgehead atoms. The Balaban J connectivity index is 2.66. The van der Waals surface area contributed by atoms with Gasteiger partial charge in [0.2, 0.25) is 0 Å². The third kappa shape index (κ3) is 2.61. The molecule has 4 heteroatoms. The van der Waals surface area contributed by atoms with E-state index >= 15 is 0 Å². The maximum atomic E-state index is 11.2. The fourth-order valence-corrected chi connectivity index (χ4v) is 0.876. The maximum Gasteiger partial charge on any atom is 0.271 e. The number of hydrogen-bond acceptors (Lipinski definition) is 2. The molecule has 0 spiro atoms. The minimum atomic E-state index is -0.191. The van der Waals surface area contributed by atoms with E-state index in [1.807, 2.05) is 40.8 Å². The van der Waals surface area contributed by atoms with E-state index in [1.165, 1.54) is 4.22 Å². The molecule has 0 radical (unpaired) electrons. The van der Waals surface area contributed by atoms with E-state index < -0.39 is 0 Å². The standard InChI is InChI=1S/C8H7IN2O/c9-6-10-11-8(12)7-4-2-1-3-5-7/h1-6H,(H,11,12)/b10-6+. The summed E-state index contributed by atoms with van der Waals surface area (Å²) < 4.78 is 1.50. The lowest BCUT2D eigenvalue weighted by molar-refractivity contribution is 0.0955. The second-order valence-corrected chi connectivity index (χ2v) is 2.59.